The van der Waals surface area contributed by atoms with Gasteiger partial charge in [0.25, 0.3) is 0 Å². The minimum absolute atomic E-state index is 0.616. The molecule has 1 aromatic heterocycles. The van der Waals surface area contributed by atoms with E-state index in [1.54, 1.807) is 19.4 Å². The predicted octanol–water partition coefficient (Wildman–Crippen LogP) is 4.56. The average Bonchev–Trinajstić information content (AvgIpc) is 2.35. The fourth-order valence-electron chi connectivity index (χ4n) is 1.48. The maximum absolute atomic E-state index is 6.13. The number of nitrogens with zero attached hydrogens (tertiary/aromatic N) is 1. The van der Waals surface area contributed by atoms with Crippen LogP contribution in [0.15, 0.2) is 34.9 Å². The lowest BCUT2D eigenvalue weighted by Gasteiger charge is -2.11. The van der Waals surface area contributed by atoms with Gasteiger partial charge in [-0.05, 0) is 46.6 Å². The average molecular weight is 328 g/mol. The van der Waals surface area contributed by atoms with Crippen LogP contribution in [-0.2, 0) is 0 Å². The molecule has 0 aliphatic heterocycles. The molecule has 94 valence electrons. The van der Waals surface area contributed by atoms with E-state index in [2.05, 4.69) is 26.2 Å². The molecule has 0 radical (unpaired) electrons. The molecule has 18 heavy (non-hydrogen) atoms. The van der Waals surface area contributed by atoms with Crippen molar-refractivity contribution in [3.05, 3.63) is 45.5 Å². The Morgan fingerprint density at radius 2 is 2.11 bits per heavy atom. The lowest BCUT2D eigenvalue weighted by atomic mass is 10.3. The van der Waals surface area contributed by atoms with Crippen molar-refractivity contribution < 1.29 is 4.74 Å². The molecular weight excluding hydrogens is 316 g/mol. The van der Waals surface area contributed by atoms with Crippen LogP contribution in [0.25, 0.3) is 0 Å². The summed E-state index contributed by atoms with van der Waals surface area (Å²) in [7, 11) is 1.62. The van der Waals surface area contributed by atoms with Gasteiger partial charge >= 0.3 is 0 Å². The fourth-order valence-corrected chi connectivity index (χ4v) is 2.21. The smallest absolute Gasteiger partial charge is 0.144 e. The molecule has 1 heterocycles. The third-order valence-electron chi connectivity index (χ3n) is 2.40. The maximum atomic E-state index is 6.13. The number of aromatic nitrogens is 1. The number of methoxy groups -OCH3 is 1. The highest BCUT2D eigenvalue weighted by Crippen LogP contribution is 2.31. The number of benzene rings is 1. The van der Waals surface area contributed by atoms with Crippen LogP contribution in [-0.4, -0.2) is 12.1 Å². The van der Waals surface area contributed by atoms with Crippen molar-refractivity contribution in [2.75, 3.05) is 12.4 Å². The second-order valence-electron chi connectivity index (χ2n) is 3.81. The van der Waals surface area contributed by atoms with Crippen molar-refractivity contribution >= 4 is 39.0 Å². The van der Waals surface area contributed by atoms with Gasteiger partial charge in [0, 0.05) is 12.3 Å². The van der Waals surface area contributed by atoms with Crippen LogP contribution >= 0.6 is 27.5 Å². The summed E-state index contributed by atoms with van der Waals surface area (Å²) >= 11 is 9.59. The number of nitrogens with one attached hydrogen (secondary N) is 1. The van der Waals surface area contributed by atoms with Gasteiger partial charge in [-0.2, -0.15) is 0 Å². The molecular formula is C13H12BrClN2O. The summed E-state index contributed by atoms with van der Waals surface area (Å²) in [5.41, 5.74) is 1.84. The molecule has 0 saturated carbocycles. The van der Waals surface area contributed by atoms with Crippen LogP contribution in [0, 0.1) is 6.92 Å². The molecule has 0 spiro atoms. The van der Waals surface area contributed by atoms with Gasteiger partial charge in [0.2, 0.25) is 0 Å². The third-order valence-corrected chi connectivity index (χ3v) is 3.34. The van der Waals surface area contributed by atoms with Gasteiger partial charge in [-0.3, -0.25) is 0 Å². The largest absolute Gasteiger partial charge is 0.497 e. The highest BCUT2D eigenvalue weighted by molar-refractivity contribution is 9.10. The Labute approximate surface area is 119 Å². The van der Waals surface area contributed by atoms with Gasteiger partial charge in [-0.25, -0.2) is 4.98 Å². The van der Waals surface area contributed by atoms with Crippen molar-refractivity contribution in [3.8, 4) is 5.75 Å². The fraction of sp³-hybridized carbons (Fsp3) is 0.154. The number of pyridine rings is 1. The summed E-state index contributed by atoms with van der Waals surface area (Å²) in [4.78, 5) is 4.31. The van der Waals surface area contributed by atoms with E-state index in [0.717, 1.165) is 27.3 Å². The van der Waals surface area contributed by atoms with Crippen LogP contribution < -0.4 is 10.1 Å². The molecule has 0 aliphatic carbocycles. The minimum Gasteiger partial charge on any atom is -0.497 e. The normalized spacial score (nSPS) is 10.2. The summed E-state index contributed by atoms with van der Waals surface area (Å²) in [5.74, 6) is 1.46. The first kappa shape index (κ1) is 13.2. The Balaban J connectivity index is 2.33. The monoisotopic (exact) mass is 326 g/mol. The van der Waals surface area contributed by atoms with E-state index in [9.17, 15) is 0 Å². The SMILES string of the molecule is COc1ccc(Cl)c(Nc2ncc(C)cc2Br)c1. The summed E-state index contributed by atoms with van der Waals surface area (Å²) in [5, 5.41) is 3.79. The predicted molar refractivity (Wildman–Crippen MR) is 78.0 cm³/mol. The summed E-state index contributed by atoms with van der Waals surface area (Å²) in [6.07, 6.45) is 1.79. The Morgan fingerprint density at radius 3 is 2.78 bits per heavy atom. The highest BCUT2D eigenvalue weighted by Gasteiger charge is 2.06. The highest BCUT2D eigenvalue weighted by atomic mass is 79.9. The molecule has 1 aromatic carbocycles. The molecule has 0 fully saturated rings. The molecule has 0 bridgehead atoms. The summed E-state index contributed by atoms with van der Waals surface area (Å²) in [6, 6.07) is 7.41. The van der Waals surface area contributed by atoms with E-state index in [-0.39, 0.29) is 0 Å². The van der Waals surface area contributed by atoms with Gasteiger partial charge in [-0.1, -0.05) is 11.6 Å². The zero-order chi connectivity index (χ0) is 13.1. The molecule has 3 nitrogen and oxygen atoms in total. The number of halogens is 2. The van der Waals surface area contributed by atoms with E-state index in [4.69, 9.17) is 16.3 Å². The van der Waals surface area contributed by atoms with Gasteiger partial charge in [0.1, 0.15) is 11.6 Å². The standard InChI is InChI=1S/C13H12BrClN2O/c1-8-5-10(14)13(16-7-8)17-12-6-9(18-2)3-4-11(12)15/h3-7H,1-2H3,(H,16,17). The van der Waals surface area contributed by atoms with Crippen molar-refractivity contribution in [3.63, 3.8) is 0 Å². The number of anilines is 2. The van der Waals surface area contributed by atoms with E-state index in [1.807, 2.05) is 25.1 Å². The number of hydrogen-bond acceptors (Lipinski definition) is 3. The van der Waals surface area contributed by atoms with Gasteiger partial charge in [0.05, 0.1) is 22.3 Å². The second kappa shape index (κ2) is 5.59. The van der Waals surface area contributed by atoms with Crippen LogP contribution in [0.2, 0.25) is 5.02 Å². The topological polar surface area (TPSA) is 34.1 Å². The lowest BCUT2D eigenvalue weighted by Crippen LogP contribution is -1.96. The second-order valence-corrected chi connectivity index (χ2v) is 5.08. The molecule has 2 rings (SSSR count). The first-order valence-electron chi connectivity index (χ1n) is 5.33. The molecule has 5 heteroatoms. The van der Waals surface area contributed by atoms with Gasteiger partial charge in [-0.15, -0.1) is 0 Å². The quantitative estimate of drug-likeness (QED) is 0.897. The Hall–Kier alpha value is -1.26. The Bertz CT molecular complexity index is 575. The van der Waals surface area contributed by atoms with E-state index in [1.165, 1.54) is 0 Å². The molecule has 1 N–H and O–H groups in total. The van der Waals surface area contributed by atoms with E-state index in [0.29, 0.717) is 5.02 Å². The number of ether oxygens (including phenoxy) is 1. The van der Waals surface area contributed by atoms with Crippen LogP contribution in [0.5, 0.6) is 5.75 Å². The van der Waals surface area contributed by atoms with Crippen LogP contribution in [0.4, 0.5) is 11.5 Å². The molecule has 2 aromatic rings. The summed E-state index contributed by atoms with van der Waals surface area (Å²) in [6.45, 7) is 1.99. The molecule has 0 atom stereocenters. The van der Waals surface area contributed by atoms with E-state index >= 15 is 0 Å². The lowest BCUT2D eigenvalue weighted by molar-refractivity contribution is 0.415. The third kappa shape index (κ3) is 2.94. The van der Waals surface area contributed by atoms with Crippen molar-refractivity contribution in [2.24, 2.45) is 0 Å². The van der Waals surface area contributed by atoms with Crippen molar-refractivity contribution in [1.29, 1.82) is 0 Å². The van der Waals surface area contributed by atoms with Crippen molar-refractivity contribution in [1.82, 2.24) is 4.98 Å². The molecule has 0 aliphatic rings. The number of rotatable bonds is 3. The zero-order valence-electron chi connectivity index (χ0n) is 10.00. The maximum Gasteiger partial charge on any atom is 0.144 e. The van der Waals surface area contributed by atoms with Crippen LogP contribution in [0.1, 0.15) is 5.56 Å². The number of aryl methyl sites for hydroxylation is 1. The minimum atomic E-state index is 0.616. The number of hydrogen-bond donors (Lipinski definition) is 1. The molecule has 0 amide bonds. The summed E-state index contributed by atoms with van der Waals surface area (Å²) < 4.78 is 6.06. The Kier molecular flexibility index (Phi) is 4.09. The van der Waals surface area contributed by atoms with Gasteiger partial charge < -0.3 is 10.1 Å². The first-order chi connectivity index (χ1) is 8.60. The molecule has 0 saturated heterocycles. The molecule has 0 unspecified atom stereocenters. The van der Waals surface area contributed by atoms with Crippen molar-refractivity contribution in [2.45, 2.75) is 6.92 Å². The zero-order valence-corrected chi connectivity index (χ0v) is 12.3. The van der Waals surface area contributed by atoms with Crippen LogP contribution in [0.3, 0.4) is 0 Å². The Morgan fingerprint density at radius 1 is 1.33 bits per heavy atom. The van der Waals surface area contributed by atoms with E-state index < -0.39 is 0 Å². The first-order valence-corrected chi connectivity index (χ1v) is 6.50. The van der Waals surface area contributed by atoms with Gasteiger partial charge in [0.15, 0.2) is 0 Å².